The molecule has 0 aliphatic carbocycles. The standard InChI is InChI=1S/C9H9NS.ClH/c10-6-7-1-2-8-3-4-11-9(8)5-7;/h1-5H,6,10H2;1H. The molecule has 0 radical (unpaired) electrons. The lowest BCUT2D eigenvalue weighted by molar-refractivity contribution is 1.08. The van der Waals surface area contributed by atoms with E-state index in [-0.39, 0.29) is 12.4 Å². The highest BCUT2D eigenvalue weighted by Gasteiger charge is 1.94. The first-order chi connectivity index (χ1) is 5.40. The van der Waals surface area contributed by atoms with Gasteiger partial charge in [0.2, 0.25) is 0 Å². The highest BCUT2D eigenvalue weighted by molar-refractivity contribution is 7.17. The summed E-state index contributed by atoms with van der Waals surface area (Å²) >= 11 is 1.76. The molecule has 0 atom stereocenters. The fourth-order valence-corrected chi connectivity index (χ4v) is 1.98. The van der Waals surface area contributed by atoms with Gasteiger partial charge in [-0.05, 0) is 28.5 Å². The third-order valence-corrected chi connectivity index (χ3v) is 2.64. The first kappa shape index (κ1) is 9.52. The van der Waals surface area contributed by atoms with Gasteiger partial charge in [-0.25, -0.2) is 0 Å². The molecule has 0 spiro atoms. The lowest BCUT2D eigenvalue weighted by Crippen LogP contribution is -1.94. The second-order valence-corrected chi connectivity index (χ2v) is 3.44. The van der Waals surface area contributed by atoms with Gasteiger partial charge < -0.3 is 5.73 Å². The molecule has 0 bridgehead atoms. The molecule has 2 aromatic rings. The molecule has 0 aliphatic rings. The molecule has 0 fully saturated rings. The van der Waals surface area contributed by atoms with E-state index >= 15 is 0 Å². The van der Waals surface area contributed by atoms with Gasteiger partial charge >= 0.3 is 0 Å². The molecule has 12 heavy (non-hydrogen) atoms. The minimum Gasteiger partial charge on any atom is -0.326 e. The Hall–Kier alpha value is -0.570. The molecule has 3 heteroatoms. The number of hydrogen-bond donors (Lipinski definition) is 1. The van der Waals surface area contributed by atoms with Crippen LogP contribution in [-0.2, 0) is 6.54 Å². The molecule has 1 nitrogen and oxygen atoms in total. The molecule has 2 N–H and O–H groups in total. The zero-order valence-electron chi connectivity index (χ0n) is 6.49. The highest BCUT2D eigenvalue weighted by Crippen LogP contribution is 2.21. The van der Waals surface area contributed by atoms with Crippen LogP contribution in [0.3, 0.4) is 0 Å². The summed E-state index contributed by atoms with van der Waals surface area (Å²) in [5, 5.41) is 3.41. The molecule has 0 amide bonds. The second-order valence-electron chi connectivity index (χ2n) is 2.50. The minimum atomic E-state index is 0. The summed E-state index contributed by atoms with van der Waals surface area (Å²) in [6.45, 7) is 0.633. The van der Waals surface area contributed by atoms with Crippen LogP contribution in [0.25, 0.3) is 10.1 Å². The first-order valence-corrected chi connectivity index (χ1v) is 4.44. The van der Waals surface area contributed by atoms with Crippen LogP contribution in [0.2, 0.25) is 0 Å². The third kappa shape index (κ3) is 1.61. The van der Waals surface area contributed by atoms with E-state index in [2.05, 4.69) is 29.6 Å². The Morgan fingerprint density at radius 1 is 1.25 bits per heavy atom. The van der Waals surface area contributed by atoms with Crippen molar-refractivity contribution in [1.82, 2.24) is 0 Å². The van der Waals surface area contributed by atoms with Crippen LogP contribution in [0.4, 0.5) is 0 Å². The SMILES string of the molecule is Cl.NCc1ccc2ccsc2c1. The second kappa shape index (κ2) is 3.90. The van der Waals surface area contributed by atoms with Gasteiger partial charge in [-0.3, -0.25) is 0 Å². The molecular weight excluding hydrogens is 190 g/mol. The van der Waals surface area contributed by atoms with Gasteiger partial charge in [0.1, 0.15) is 0 Å². The molecular formula is C9H10ClNS. The summed E-state index contributed by atoms with van der Waals surface area (Å²) in [4.78, 5) is 0. The Morgan fingerprint density at radius 2 is 2.08 bits per heavy atom. The van der Waals surface area contributed by atoms with Crippen LogP contribution < -0.4 is 5.73 Å². The Labute approximate surface area is 81.6 Å². The van der Waals surface area contributed by atoms with Gasteiger partial charge in [0.05, 0.1) is 0 Å². The van der Waals surface area contributed by atoms with Crippen LogP contribution >= 0.6 is 23.7 Å². The molecule has 1 aromatic heterocycles. The zero-order chi connectivity index (χ0) is 7.68. The largest absolute Gasteiger partial charge is 0.326 e. The Bertz CT molecular complexity index is 369. The molecule has 0 unspecified atom stereocenters. The van der Waals surface area contributed by atoms with Crippen molar-refractivity contribution < 1.29 is 0 Å². The highest BCUT2D eigenvalue weighted by atomic mass is 35.5. The number of rotatable bonds is 1. The van der Waals surface area contributed by atoms with Gasteiger partial charge in [-0.15, -0.1) is 23.7 Å². The average molecular weight is 200 g/mol. The van der Waals surface area contributed by atoms with E-state index in [0.717, 1.165) is 0 Å². The van der Waals surface area contributed by atoms with Gasteiger partial charge in [0.15, 0.2) is 0 Å². The molecule has 64 valence electrons. The summed E-state index contributed by atoms with van der Waals surface area (Å²) in [6, 6.07) is 8.48. The number of benzene rings is 1. The van der Waals surface area contributed by atoms with E-state index in [1.165, 1.54) is 15.6 Å². The van der Waals surface area contributed by atoms with E-state index in [4.69, 9.17) is 5.73 Å². The van der Waals surface area contributed by atoms with Gasteiger partial charge in [0.25, 0.3) is 0 Å². The Morgan fingerprint density at radius 3 is 2.83 bits per heavy atom. The van der Waals surface area contributed by atoms with E-state index in [0.29, 0.717) is 6.54 Å². The Balaban J connectivity index is 0.000000720. The van der Waals surface area contributed by atoms with Crippen molar-refractivity contribution >= 4 is 33.8 Å². The fraction of sp³-hybridized carbons (Fsp3) is 0.111. The predicted octanol–water partition coefficient (Wildman–Crippen LogP) is 2.78. The number of fused-ring (bicyclic) bond motifs is 1. The third-order valence-electron chi connectivity index (χ3n) is 1.76. The number of halogens is 1. The summed E-state index contributed by atoms with van der Waals surface area (Å²) in [6.07, 6.45) is 0. The summed E-state index contributed by atoms with van der Waals surface area (Å²) in [7, 11) is 0. The van der Waals surface area contributed by atoms with Gasteiger partial charge in [-0.2, -0.15) is 0 Å². The van der Waals surface area contributed by atoms with Crippen LogP contribution in [0.1, 0.15) is 5.56 Å². The lowest BCUT2D eigenvalue weighted by atomic mass is 10.2. The molecule has 0 saturated heterocycles. The number of thiophene rings is 1. The van der Waals surface area contributed by atoms with Crippen molar-refractivity contribution in [3.05, 3.63) is 35.2 Å². The topological polar surface area (TPSA) is 26.0 Å². The van der Waals surface area contributed by atoms with Crippen molar-refractivity contribution in [2.24, 2.45) is 5.73 Å². The van der Waals surface area contributed by atoms with Crippen molar-refractivity contribution in [1.29, 1.82) is 0 Å². The van der Waals surface area contributed by atoms with E-state index in [1.54, 1.807) is 11.3 Å². The predicted molar refractivity (Wildman–Crippen MR) is 57.0 cm³/mol. The maximum absolute atomic E-state index is 5.51. The zero-order valence-corrected chi connectivity index (χ0v) is 8.12. The number of hydrogen-bond acceptors (Lipinski definition) is 2. The monoisotopic (exact) mass is 199 g/mol. The lowest BCUT2D eigenvalue weighted by Gasteiger charge is -1.94. The van der Waals surface area contributed by atoms with E-state index in [1.807, 2.05) is 0 Å². The quantitative estimate of drug-likeness (QED) is 0.751. The summed E-state index contributed by atoms with van der Waals surface area (Å²) in [5.41, 5.74) is 6.72. The number of nitrogens with two attached hydrogens (primary N) is 1. The van der Waals surface area contributed by atoms with Crippen LogP contribution in [0, 0.1) is 0 Å². The molecule has 0 aliphatic heterocycles. The summed E-state index contributed by atoms with van der Waals surface area (Å²) in [5.74, 6) is 0. The van der Waals surface area contributed by atoms with Gasteiger partial charge in [-0.1, -0.05) is 12.1 Å². The van der Waals surface area contributed by atoms with Gasteiger partial charge in [0, 0.05) is 11.2 Å². The molecule has 2 rings (SSSR count). The van der Waals surface area contributed by atoms with Crippen LogP contribution in [0.5, 0.6) is 0 Å². The summed E-state index contributed by atoms with van der Waals surface area (Å²) < 4.78 is 1.33. The average Bonchev–Trinajstić information content (AvgIpc) is 2.50. The smallest absolute Gasteiger partial charge is 0.0345 e. The fourth-order valence-electron chi connectivity index (χ4n) is 1.13. The van der Waals surface area contributed by atoms with Crippen molar-refractivity contribution in [2.75, 3.05) is 0 Å². The molecule has 0 saturated carbocycles. The van der Waals surface area contributed by atoms with Crippen molar-refractivity contribution in [3.63, 3.8) is 0 Å². The molecule has 1 heterocycles. The van der Waals surface area contributed by atoms with Crippen LogP contribution in [0.15, 0.2) is 29.6 Å². The molecule has 1 aromatic carbocycles. The normalized spacial score (nSPS) is 9.75. The van der Waals surface area contributed by atoms with Crippen molar-refractivity contribution in [3.8, 4) is 0 Å². The van der Waals surface area contributed by atoms with E-state index < -0.39 is 0 Å². The minimum absolute atomic E-state index is 0. The first-order valence-electron chi connectivity index (χ1n) is 3.56. The van der Waals surface area contributed by atoms with E-state index in [9.17, 15) is 0 Å². The van der Waals surface area contributed by atoms with Crippen LogP contribution in [-0.4, -0.2) is 0 Å². The maximum atomic E-state index is 5.51. The Kier molecular flexibility index (Phi) is 3.09. The van der Waals surface area contributed by atoms with Crippen molar-refractivity contribution in [2.45, 2.75) is 6.54 Å². The maximum Gasteiger partial charge on any atom is 0.0345 e.